The molecular weight excluding hydrogens is 290 g/mol. The summed E-state index contributed by atoms with van der Waals surface area (Å²) in [6.07, 6.45) is 1.29. The van der Waals surface area contributed by atoms with E-state index in [0.717, 1.165) is 5.56 Å². The second kappa shape index (κ2) is 6.60. The zero-order valence-electron chi connectivity index (χ0n) is 11.4. The van der Waals surface area contributed by atoms with Gasteiger partial charge in [-0.15, -0.1) is 0 Å². The van der Waals surface area contributed by atoms with Crippen molar-refractivity contribution in [2.75, 3.05) is 11.3 Å². The standard InChI is InChI=1S/C15H17NO4S/c17-10-4-6-12-5-3-7-13(11-12)16-21(19,20)15-9-2-1-8-14(15)18/h1-3,5,7-9,11,16-18H,4,6,10H2. The molecule has 0 aromatic heterocycles. The van der Waals surface area contributed by atoms with Crippen LogP contribution in [-0.2, 0) is 16.4 Å². The van der Waals surface area contributed by atoms with Gasteiger partial charge in [-0.05, 0) is 42.7 Å². The van der Waals surface area contributed by atoms with E-state index < -0.39 is 10.0 Å². The first-order valence-corrected chi connectivity index (χ1v) is 8.02. The van der Waals surface area contributed by atoms with Crippen LogP contribution in [0, 0.1) is 0 Å². The summed E-state index contributed by atoms with van der Waals surface area (Å²) in [4.78, 5) is -0.161. The molecule has 5 nitrogen and oxygen atoms in total. The van der Waals surface area contributed by atoms with Gasteiger partial charge in [0.25, 0.3) is 10.0 Å². The molecule has 0 saturated carbocycles. The quantitative estimate of drug-likeness (QED) is 0.763. The van der Waals surface area contributed by atoms with Gasteiger partial charge in [0.1, 0.15) is 10.6 Å². The number of rotatable bonds is 6. The predicted molar refractivity (Wildman–Crippen MR) is 80.8 cm³/mol. The fourth-order valence-electron chi connectivity index (χ4n) is 1.97. The summed E-state index contributed by atoms with van der Waals surface area (Å²) in [5, 5.41) is 18.5. The third-order valence-electron chi connectivity index (χ3n) is 2.96. The van der Waals surface area contributed by atoms with E-state index in [9.17, 15) is 13.5 Å². The van der Waals surface area contributed by atoms with Crippen molar-refractivity contribution >= 4 is 15.7 Å². The lowest BCUT2D eigenvalue weighted by Crippen LogP contribution is -2.13. The van der Waals surface area contributed by atoms with Gasteiger partial charge >= 0.3 is 0 Å². The highest BCUT2D eigenvalue weighted by Crippen LogP contribution is 2.24. The number of aliphatic hydroxyl groups excluding tert-OH is 1. The van der Waals surface area contributed by atoms with E-state index in [0.29, 0.717) is 18.5 Å². The number of phenolic OH excluding ortho intramolecular Hbond substituents is 1. The van der Waals surface area contributed by atoms with E-state index in [1.807, 2.05) is 6.07 Å². The van der Waals surface area contributed by atoms with E-state index in [4.69, 9.17) is 5.11 Å². The van der Waals surface area contributed by atoms with Crippen LogP contribution >= 0.6 is 0 Å². The maximum Gasteiger partial charge on any atom is 0.265 e. The maximum absolute atomic E-state index is 12.2. The molecule has 6 heteroatoms. The molecule has 0 unspecified atom stereocenters. The van der Waals surface area contributed by atoms with Crippen LogP contribution in [0.1, 0.15) is 12.0 Å². The van der Waals surface area contributed by atoms with Gasteiger partial charge in [-0.25, -0.2) is 8.42 Å². The van der Waals surface area contributed by atoms with Crippen molar-refractivity contribution in [1.82, 2.24) is 0 Å². The van der Waals surface area contributed by atoms with E-state index in [1.165, 1.54) is 12.1 Å². The van der Waals surface area contributed by atoms with E-state index >= 15 is 0 Å². The average molecular weight is 307 g/mol. The Hall–Kier alpha value is -2.05. The number of para-hydroxylation sites is 1. The summed E-state index contributed by atoms with van der Waals surface area (Å²) < 4.78 is 26.9. The SMILES string of the molecule is O=S(=O)(Nc1cccc(CCCO)c1)c1ccccc1O. The summed E-state index contributed by atoms with van der Waals surface area (Å²) in [5.41, 5.74) is 1.36. The minimum absolute atomic E-state index is 0.0911. The number of aromatic hydroxyl groups is 1. The van der Waals surface area contributed by atoms with Gasteiger partial charge in [-0.1, -0.05) is 24.3 Å². The summed E-state index contributed by atoms with van der Waals surface area (Å²) in [5.74, 6) is -0.290. The molecule has 0 amide bonds. The number of hydrogen-bond donors (Lipinski definition) is 3. The van der Waals surface area contributed by atoms with Crippen LogP contribution in [-0.4, -0.2) is 25.2 Å². The number of nitrogens with one attached hydrogen (secondary N) is 1. The minimum atomic E-state index is -3.83. The molecule has 2 aromatic rings. The largest absolute Gasteiger partial charge is 0.507 e. The lowest BCUT2D eigenvalue weighted by atomic mass is 10.1. The Morgan fingerprint density at radius 2 is 1.81 bits per heavy atom. The zero-order valence-corrected chi connectivity index (χ0v) is 12.2. The van der Waals surface area contributed by atoms with Crippen molar-refractivity contribution in [1.29, 1.82) is 0 Å². The van der Waals surface area contributed by atoms with Gasteiger partial charge in [0.15, 0.2) is 0 Å². The van der Waals surface area contributed by atoms with E-state index in [-0.39, 0.29) is 17.3 Å². The van der Waals surface area contributed by atoms with Crippen LogP contribution in [0.4, 0.5) is 5.69 Å². The first kappa shape index (κ1) is 15.3. The van der Waals surface area contributed by atoms with Gasteiger partial charge < -0.3 is 10.2 Å². The molecule has 112 valence electrons. The predicted octanol–water partition coefficient (Wildman–Crippen LogP) is 2.12. The van der Waals surface area contributed by atoms with Crippen LogP contribution in [0.5, 0.6) is 5.75 Å². The highest BCUT2D eigenvalue weighted by molar-refractivity contribution is 7.92. The molecule has 0 fully saturated rings. The number of sulfonamides is 1. The van der Waals surface area contributed by atoms with E-state index in [2.05, 4.69) is 4.72 Å². The Morgan fingerprint density at radius 1 is 1.05 bits per heavy atom. The summed E-state index contributed by atoms with van der Waals surface area (Å²) in [6, 6.07) is 12.7. The molecule has 0 heterocycles. The van der Waals surface area contributed by atoms with Gasteiger partial charge in [-0.2, -0.15) is 0 Å². The Bertz CT molecular complexity index is 713. The van der Waals surface area contributed by atoms with Crippen LogP contribution in [0.25, 0.3) is 0 Å². The number of phenols is 1. The van der Waals surface area contributed by atoms with Gasteiger partial charge in [-0.3, -0.25) is 4.72 Å². The summed E-state index contributed by atoms with van der Waals surface area (Å²) in [6.45, 7) is 0.0911. The molecule has 0 radical (unpaired) electrons. The molecule has 0 spiro atoms. The van der Waals surface area contributed by atoms with E-state index in [1.54, 1.807) is 30.3 Å². The molecule has 0 aliphatic heterocycles. The molecule has 2 aromatic carbocycles. The average Bonchev–Trinajstić information content (AvgIpc) is 2.45. The van der Waals surface area contributed by atoms with Gasteiger partial charge in [0.05, 0.1) is 0 Å². The van der Waals surface area contributed by atoms with Crippen LogP contribution in [0.15, 0.2) is 53.4 Å². The molecule has 0 aliphatic rings. The fraction of sp³-hybridized carbons (Fsp3) is 0.200. The van der Waals surface area contributed by atoms with Crippen LogP contribution in [0.3, 0.4) is 0 Å². The first-order valence-electron chi connectivity index (χ1n) is 6.53. The topological polar surface area (TPSA) is 86.6 Å². The molecular formula is C15H17NO4S. The van der Waals surface area contributed by atoms with Crippen molar-refractivity contribution in [3.63, 3.8) is 0 Å². The summed E-state index contributed by atoms with van der Waals surface area (Å²) >= 11 is 0. The van der Waals surface area contributed by atoms with Crippen molar-refractivity contribution in [2.45, 2.75) is 17.7 Å². The second-order valence-electron chi connectivity index (χ2n) is 4.60. The number of anilines is 1. The molecule has 0 bridgehead atoms. The lowest BCUT2D eigenvalue weighted by Gasteiger charge is -2.10. The van der Waals surface area contributed by atoms with Crippen molar-refractivity contribution in [3.05, 3.63) is 54.1 Å². The second-order valence-corrected chi connectivity index (χ2v) is 6.25. The molecule has 0 saturated heterocycles. The fourth-order valence-corrected chi connectivity index (χ4v) is 3.12. The monoisotopic (exact) mass is 307 g/mol. The van der Waals surface area contributed by atoms with Crippen molar-refractivity contribution in [2.24, 2.45) is 0 Å². The Labute approximate surface area is 123 Å². The zero-order chi connectivity index (χ0) is 15.3. The Balaban J connectivity index is 2.23. The first-order chi connectivity index (χ1) is 10.0. The highest BCUT2D eigenvalue weighted by Gasteiger charge is 2.18. The maximum atomic E-state index is 12.2. The van der Waals surface area contributed by atoms with Crippen molar-refractivity contribution < 1.29 is 18.6 Å². The third kappa shape index (κ3) is 3.96. The lowest BCUT2D eigenvalue weighted by molar-refractivity contribution is 0.288. The number of benzene rings is 2. The normalized spacial score (nSPS) is 11.3. The highest BCUT2D eigenvalue weighted by atomic mass is 32.2. The molecule has 2 rings (SSSR count). The Morgan fingerprint density at radius 3 is 2.52 bits per heavy atom. The molecule has 0 atom stereocenters. The van der Waals surface area contributed by atoms with Crippen LogP contribution in [0.2, 0.25) is 0 Å². The van der Waals surface area contributed by atoms with Crippen LogP contribution < -0.4 is 4.72 Å². The minimum Gasteiger partial charge on any atom is -0.507 e. The smallest absolute Gasteiger partial charge is 0.265 e. The Kier molecular flexibility index (Phi) is 4.82. The van der Waals surface area contributed by atoms with Crippen molar-refractivity contribution in [3.8, 4) is 5.75 Å². The number of aryl methyl sites for hydroxylation is 1. The molecule has 0 aliphatic carbocycles. The molecule has 21 heavy (non-hydrogen) atoms. The number of hydrogen-bond acceptors (Lipinski definition) is 4. The third-order valence-corrected chi connectivity index (χ3v) is 4.39. The van der Waals surface area contributed by atoms with Gasteiger partial charge in [0.2, 0.25) is 0 Å². The number of aliphatic hydroxyl groups is 1. The summed E-state index contributed by atoms with van der Waals surface area (Å²) in [7, 11) is -3.83. The van der Waals surface area contributed by atoms with Gasteiger partial charge in [0, 0.05) is 12.3 Å². The molecule has 3 N–H and O–H groups in total.